The second kappa shape index (κ2) is 10.8. The number of hydrogen-bond donors (Lipinski definition) is 2. The van der Waals surface area contributed by atoms with Gasteiger partial charge in [0.2, 0.25) is 5.95 Å². The summed E-state index contributed by atoms with van der Waals surface area (Å²) >= 11 is 7.82. The van der Waals surface area contributed by atoms with E-state index < -0.39 is 23.8 Å². The summed E-state index contributed by atoms with van der Waals surface area (Å²) in [5.74, 6) is -1.29. The number of rotatable bonds is 6. The predicted molar refractivity (Wildman–Crippen MR) is 139 cm³/mol. The molecule has 10 nitrogen and oxygen atoms in total. The lowest BCUT2D eigenvalue weighted by Crippen LogP contribution is -2.42. The number of nitrogens with zero attached hydrogens (tertiary/aromatic N) is 5. The predicted octanol–water partition coefficient (Wildman–Crippen LogP) is 3.86. The molecule has 2 aromatic heterocycles. The summed E-state index contributed by atoms with van der Waals surface area (Å²) in [6, 6.07) is 3.18. The number of aromatic carboxylic acids is 1. The summed E-state index contributed by atoms with van der Waals surface area (Å²) in [5, 5.41) is 15.1. The van der Waals surface area contributed by atoms with Crippen molar-refractivity contribution in [3.8, 4) is 0 Å². The molecule has 0 radical (unpaired) electrons. The summed E-state index contributed by atoms with van der Waals surface area (Å²) in [6.45, 7) is 1.14. The van der Waals surface area contributed by atoms with Crippen molar-refractivity contribution in [2.45, 2.75) is 18.9 Å². The van der Waals surface area contributed by atoms with E-state index >= 15 is 0 Å². The van der Waals surface area contributed by atoms with Crippen molar-refractivity contribution >= 4 is 46.7 Å². The zero-order valence-electron chi connectivity index (χ0n) is 20.1. The van der Waals surface area contributed by atoms with Gasteiger partial charge in [-0.1, -0.05) is 17.7 Å². The highest BCUT2D eigenvalue weighted by molar-refractivity contribution is 7.11. The van der Waals surface area contributed by atoms with Crippen molar-refractivity contribution in [1.82, 2.24) is 20.3 Å². The van der Waals surface area contributed by atoms with Crippen molar-refractivity contribution in [1.29, 1.82) is 0 Å². The van der Waals surface area contributed by atoms with Gasteiger partial charge in [0.1, 0.15) is 11.9 Å². The maximum absolute atomic E-state index is 13.9. The molecule has 38 heavy (non-hydrogen) atoms. The molecule has 2 aliphatic heterocycles. The number of carbonyl (C=O) groups is 2. The van der Waals surface area contributed by atoms with Gasteiger partial charge in [-0.2, -0.15) is 0 Å². The van der Waals surface area contributed by atoms with Crippen LogP contribution in [0.5, 0.6) is 0 Å². The average molecular weight is 557 g/mol. The van der Waals surface area contributed by atoms with Crippen LogP contribution in [-0.4, -0.2) is 58.0 Å². The number of thiazole rings is 1. The minimum atomic E-state index is -1.09. The number of aliphatic imine (C=N–C) groups is 1. The minimum Gasteiger partial charge on any atom is -0.478 e. The van der Waals surface area contributed by atoms with Crippen LogP contribution < -0.4 is 10.2 Å². The van der Waals surface area contributed by atoms with E-state index in [2.05, 4.69) is 20.3 Å². The molecule has 0 bridgehead atoms. The van der Waals surface area contributed by atoms with Gasteiger partial charge in [0.05, 0.1) is 18.2 Å². The minimum absolute atomic E-state index is 0.0161. The highest BCUT2D eigenvalue weighted by Crippen LogP contribution is 2.40. The van der Waals surface area contributed by atoms with Gasteiger partial charge in [-0.3, -0.25) is 4.99 Å². The number of halogens is 2. The largest absolute Gasteiger partial charge is 0.478 e. The zero-order valence-corrected chi connectivity index (χ0v) is 21.7. The number of methoxy groups -OCH3 is 1. The Hall–Kier alpha value is -3.90. The van der Waals surface area contributed by atoms with Gasteiger partial charge in [0.15, 0.2) is 10.8 Å². The number of hydrogen-bond acceptors (Lipinski definition) is 10. The highest BCUT2D eigenvalue weighted by atomic mass is 35.5. The molecule has 196 valence electrons. The molecule has 1 aromatic carbocycles. The van der Waals surface area contributed by atoms with Crippen molar-refractivity contribution in [2.24, 2.45) is 10.9 Å². The van der Waals surface area contributed by atoms with Gasteiger partial charge in [-0.15, -0.1) is 11.3 Å². The Balaban J connectivity index is 1.49. The first-order valence-corrected chi connectivity index (χ1v) is 12.9. The average Bonchev–Trinajstić information content (AvgIpc) is 3.47. The molecule has 2 N–H and O–H groups in total. The maximum Gasteiger partial charge on any atom is 0.338 e. The van der Waals surface area contributed by atoms with Crippen molar-refractivity contribution in [3.63, 3.8) is 0 Å². The normalized spacial score (nSPS) is 18.1. The second-order valence-electron chi connectivity index (χ2n) is 8.67. The van der Waals surface area contributed by atoms with Gasteiger partial charge in [-0.05, 0) is 25.0 Å². The number of amidine groups is 1. The molecule has 0 aliphatic carbocycles. The Bertz CT molecular complexity index is 1420. The number of carbonyl (C=O) groups excluding carboxylic acids is 1. The summed E-state index contributed by atoms with van der Waals surface area (Å²) in [6.07, 6.45) is 5.51. The van der Waals surface area contributed by atoms with Crippen LogP contribution in [0.2, 0.25) is 5.02 Å². The molecule has 4 heterocycles. The first-order chi connectivity index (χ1) is 18.4. The second-order valence-corrected chi connectivity index (χ2v) is 9.97. The van der Waals surface area contributed by atoms with Crippen LogP contribution in [-0.2, 0) is 9.53 Å². The number of anilines is 1. The molecule has 0 amide bonds. The monoisotopic (exact) mass is 556 g/mol. The van der Waals surface area contributed by atoms with Crippen molar-refractivity contribution in [2.75, 3.05) is 25.1 Å². The van der Waals surface area contributed by atoms with Crippen LogP contribution in [0.4, 0.5) is 10.3 Å². The van der Waals surface area contributed by atoms with Crippen LogP contribution in [0, 0.1) is 11.7 Å². The fraction of sp³-hybridized carbons (Fsp3) is 0.280. The lowest BCUT2D eigenvalue weighted by molar-refractivity contribution is -0.136. The Morgan fingerprint density at radius 2 is 1.95 bits per heavy atom. The van der Waals surface area contributed by atoms with E-state index in [4.69, 9.17) is 26.4 Å². The molecule has 0 saturated carbocycles. The number of esters is 1. The van der Waals surface area contributed by atoms with Crippen LogP contribution >= 0.6 is 22.9 Å². The fourth-order valence-corrected chi connectivity index (χ4v) is 5.44. The number of ether oxygens (including phenoxy) is 1. The van der Waals surface area contributed by atoms with Crippen LogP contribution in [0.25, 0.3) is 0 Å². The molecule has 1 fully saturated rings. The smallest absolute Gasteiger partial charge is 0.338 e. The van der Waals surface area contributed by atoms with Gasteiger partial charge in [-0.25, -0.2) is 28.9 Å². The summed E-state index contributed by atoms with van der Waals surface area (Å²) < 4.78 is 19.0. The third-order valence-electron chi connectivity index (χ3n) is 6.44. The van der Waals surface area contributed by atoms with Gasteiger partial charge in [0.25, 0.3) is 0 Å². The van der Waals surface area contributed by atoms with Crippen molar-refractivity contribution in [3.05, 3.63) is 80.4 Å². The number of carboxylic acids is 1. The lowest BCUT2D eigenvalue weighted by Gasteiger charge is -2.36. The zero-order chi connectivity index (χ0) is 26.8. The fourth-order valence-electron chi connectivity index (χ4n) is 4.58. The lowest BCUT2D eigenvalue weighted by atomic mass is 9.85. The summed E-state index contributed by atoms with van der Waals surface area (Å²) in [5.41, 5.74) is 1.46. The number of aromatic nitrogens is 3. The molecular weight excluding hydrogens is 535 g/mol. The summed E-state index contributed by atoms with van der Waals surface area (Å²) in [4.78, 5) is 43.8. The van der Waals surface area contributed by atoms with E-state index in [1.54, 1.807) is 6.20 Å². The number of nitrogens with one attached hydrogen (secondary N) is 1. The molecule has 0 spiro atoms. The SMILES string of the molecule is COC(=O)C1=C(C2CCN(c3ncc(C(=O)O)cn3)CC2)NC(c2nccs2)=NC1c1ccc(F)cc1Cl. The van der Waals surface area contributed by atoms with E-state index in [-0.39, 0.29) is 16.5 Å². The van der Waals surface area contributed by atoms with Crippen molar-refractivity contribution < 1.29 is 23.8 Å². The molecule has 13 heteroatoms. The Kier molecular flexibility index (Phi) is 7.34. The maximum atomic E-state index is 13.9. The number of benzene rings is 1. The highest BCUT2D eigenvalue weighted by Gasteiger charge is 2.37. The van der Waals surface area contributed by atoms with E-state index in [0.717, 1.165) is 0 Å². The number of allylic oxidation sites excluding steroid dienone is 1. The number of piperidine rings is 1. The first-order valence-electron chi connectivity index (χ1n) is 11.7. The van der Waals surface area contributed by atoms with Gasteiger partial charge in [0, 0.05) is 59.3 Å². The molecule has 5 rings (SSSR count). The van der Waals surface area contributed by atoms with E-state index in [9.17, 15) is 14.0 Å². The van der Waals surface area contributed by atoms with E-state index in [1.807, 2.05) is 10.3 Å². The first kappa shape index (κ1) is 25.7. The van der Waals surface area contributed by atoms with Gasteiger partial charge < -0.3 is 20.1 Å². The molecule has 3 aromatic rings. The Morgan fingerprint density at radius 3 is 2.55 bits per heavy atom. The van der Waals surface area contributed by atoms with E-state index in [1.165, 1.54) is 49.0 Å². The number of carboxylic acid groups (broad SMARTS) is 1. The van der Waals surface area contributed by atoms with Crippen LogP contribution in [0.1, 0.15) is 39.8 Å². The molecule has 1 saturated heterocycles. The molecular formula is C25H22ClFN6O4S. The van der Waals surface area contributed by atoms with Crippen LogP contribution in [0.3, 0.4) is 0 Å². The quantitative estimate of drug-likeness (QED) is 0.435. The summed E-state index contributed by atoms with van der Waals surface area (Å²) in [7, 11) is 1.30. The van der Waals surface area contributed by atoms with Crippen LogP contribution in [0.15, 0.2) is 58.4 Å². The molecule has 1 atom stereocenters. The van der Waals surface area contributed by atoms with E-state index in [0.29, 0.717) is 59.6 Å². The Labute approximate surface area is 225 Å². The Morgan fingerprint density at radius 1 is 1.21 bits per heavy atom. The topological polar surface area (TPSA) is 130 Å². The third-order valence-corrected chi connectivity index (χ3v) is 7.55. The standard InChI is InChI=1S/C25H22ClFN6O4S/c1-37-24(36)18-19(13-4-7-33(8-5-13)25-29-11-14(12-30-25)23(34)35)31-21(22-28-6-9-38-22)32-20(18)16-3-2-15(27)10-17(16)26/h2-3,6,9-13,20H,4-5,7-8H2,1H3,(H,31,32)(H,34,35). The molecule has 2 aliphatic rings. The van der Waals surface area contributed by atoms with Gasteiger partial charge >= 0.3 is 11.9 Å². The third kappa shape index (κ3) is 5.09. The molecule has 1 unspecified atom stereocenters.